The summed E-state index contributed by atoms with van der Waals surface area (Å²) in [6, 6.07) is 0. The van der Waals surface area contributed by atoms with Crippen LogP contribution in [0.4, 0.5) is 0 Å². The summed E-state index contributed by atoms with van der Waals surface area (Å²) >= 11 is 0. The third kappa shape index (κ3) is 2.48. The third-order valence-corrected chi connectivity index (χ3v) is 1.59. The maximum atomic E-state index is 9.33. The van der Waals surface area contributed by atoms with E-state index in [1.165, 1.54) is 0 Å². The van der Waals surface area contributed by atoms with Gasteiger partial charge in [0.15, 0.2) is 5.54 Å². The standard InChI is InChI=1S/C8H18NO/c1-6-7(10)9(5)8(2,3)4/h7,10H,5-6H2,1-4H3/q+1. The van der Waals surface area contributed by atoms with Gasteiger partial charge in [0.05, 0.1) is 0 Å². The van der Waals surface area contributed by atoms with E-state index in [1.807, 2.05) is 27.7 Å². The average molecular weight is 144 g/mol. The Balaban J connectivity index is 4.09. The first kappa shape index (κ1) is 9.63. The largest absolute Gasteiger partial charge is 0.337 e. The monoisotopic (exact) mass is 144 g/mol. The minimum atomic E-state index is -0.417. The van der Waals surface area contributed by atoms with Gasteiger partial charge in [0.2, 0.25) is 0 Å². The smallest absolute Gasteiger partial charge is 0.254 e. The molecule has 0 aromatic carbocycles. The maximum Gasteiger partial charge on any atom is 0.254 e. The number of hydrogen-bond acceptors (Lipinski definition) is 1. The summed E-state index contributed by atoms with van der Waals surface area (Å²) in [7, 11) is 0. The van der Waals surface area contributed by atoms with E-state index in [-0.39, 0.29) is 5.54 Å². The molecule has 0 heterocycles. The van der Waals surface area contributed by atoms with Gasteiger partial charge in [-0.1, -0.05) is 6.92 Å². The summed E-state index contributed by atoms with van der Waals surface area (Å²) in [6.07, 6.45) is 0.306. The van der Waals surface area contributed by atoms with Gasteiger partial charge in [0, 0.05) is 6.42 Å². The molecule has 0 fully saturated rings. The fourth-order valence-corrected chi connectivity index (χ4v) is 0.667. The first-order chi connectivity index (χ1) is 4.39. The number of nitrogens with zero attached hydrogens (tertiary/aromatic N) is 1. The summed E-state index contributed by atoms with van der Waals surface area (Å²) in [5.41, 5.74) is -0.0462. The molecule has 0 aliphatic heterocycles. The molecule has 1 unspecified atom stereocenters. The fraction of sp³-hybridized carbons (Fsp3) is 0.875. The Kier molecular flexibility index (Phi) is 3.03. The van der Waals surface area contributed by atoms with Crippen LogP contribution in [0, 0.1) is 0 Å². The highest BCUT2D eigenvalue weighted by atomic mass is 16.3. The molecule has 0 aliphatic rings. The van der Waals surface area contributed by atoms with Gasteiger partial charge in [0.25, 0.3) is 6.23 Å². The second kappa shape index (κ2) is 3.15. The predicted octanol–water partition coefficient (Wildman–Crippen LogP) is 1.23. The van der Waals surface area contributed by atoms with E-state index in [9.17, 15) is 5.11 Å². The quantitative estimate of drug-likeness (QED) is 0.351. The zero-order chi connectivity index (χ0) is 8.36. The van der Waals surface area contributed by atoms with Gasteiger partial charge in [-0.3, -0.25) is 0 Å². The zero-order valence-corrected chi connectivity index (χ0v) is 7.39. The van der Waals surface area contributed by atoms with E-state index in [0.717, 1.165) is 6.42 Å². The highest BCUT2D eigenvalue weighted by Crippen LogP contribution is 2.09. The third-order valence-electron chi connectivity index (χ3n) is 1.59. The Bertz CT molecular complexity index is 124. The van der Waals surface area contributed by atoms with Gasteiger partial charge in [0.1, 0.15) is 6.72 Å². The van der Waals surface area contributed by atoms with Crippen molar-refractivity contribution in [3.63, 3.8) is 0 Å². The molecule has 1 N–H and O–H groups in total. The van der Waals surface area contributed by atoms with Crippen molar-refractivity contribution >= 4 is 6.72 Å². The molecule has 0 aliphatic carbocycles. The molecule has 0 bridgehead atoms. The molecule has 0 saturated heterocycles. The van der Waals surface area contributed by atoms with Crippen molar-refractivity contribution in [1.29, 1.82) is 0 Å². The minimum Gasteiger partial charge on any atom is -0.337 e. The number of hydrogen-bond donors (Lipinski definition) is 1. The van der Waals surface area contributed by atoms with E-state index in [0.29, 0.717) is 0 Å². The Morgan fingerprint density at radius 1 is 1.50 bits per heavy atom. The topological polar surface area (TPSA) is 23.2 Å². The normalized spacial score (nSPS) is 14.9. The fourth-order valence-electron chi connectivity index (χ4n) is 0.667. The number of rotatable bonds is 2. The summed E-state index contributed by atoms with van der Waals surface area (Å²) in [4.78, 5) is 0. The van der Waals surface area contributed by atoms with Gasteiger partial charge in [-0.2, -0.15) is 0 Å². The average Bonchev–Trinajstić information content (AvgIpc) is 1.83. The van der Waals surface area contributed by atoms with Crippen LogP contribution in [0.15, 0.2) is 0 Å². The van der Waals surface area contributed by atoms with Gasteiger partial charge >= 0.3 is 0 Å². The lowest BCUT2D eigenvalue weighted by Crippen LogP contribution is -2.39. The lowest BCUT2D eigenvalue weighted by Gasteiger charge is -2.19. The Labute approximate surface area is 63.2 Å². The zero-order valence-electron chi connectivity index (χ0n) is 7.39. The molecular formula is C8H18NO+. The second-order valence-electron chi connectivity index (χ2n) is 3.53. The maximum absolute atomic E-state index is 9.33. The Morgan fingerprint density at radius 2 is 1.90 bits per heavy atom. The molecule has 10 heavy (non-hydrogen) atoms. The number of aliphatic hydroxyl groups is 1. The van der Waals surface area contributed by atoms with Crippen molar-refractivity contribution in [1.82, 2.24) is 0 Å². The molecule has 60 valence electrons. The molecule has 0 amide bonds. The molecule has 2 nitrogen and oxygen atoms in total. The molecule has 0 saturated carbocycles. The van der Waals surface area contributed by atoms with Crippen LogP contribution in [0.2, 0.25) is 0 Å². The van der Waals surface area contributed by atoms with Crippen LogP contribution in [0.1, 0.15) is 34.1 Å². The summed E-state index contributed by atoms with van der Waals surface area (Å²) < 4.78 is 1.72. The van der Waals surface area contributed by atoms with E-state index in [4.69, 9.17) is 0 Å². The minimum absolute atomic E-state index is 0.0462. The van der Waals surface area contributed by atoms with Crippen molar-refractivity contribution in [3.05, 3.63) is 0 Å². The molecule has 0 radical (unpaired) electrons. The van der Waals surface area contributed by atoms with Crippen LogP contribution in [-0.2, 0) is 0 Å². The van der Waals surface area contributed by atoms with E-state index in [2.05, 4.69) is 6.72 Å². The summed E-state index contributed by atoms with van der Waals surface area (Å²) in [5, 5.41) is 9.33. The van der Waals surface area contributed by atoms with E-state index >= 15 is 0 Å². The second-order valence-corrected chi connectivity index (χ2v) is 3.53. The molecule has 0 aromatic heterocycles. The molecular weight excluding hydrogens is 126 g/mol. The van der Waals surface area contributed by atoms with E-state index < -0.39 is 6.23 Å². The first-order valence-corrected chi connectivity index (χ1v) is 3.67. The van der Waals surface area contributed by atoms with Gasteiger partial charge < -0.3 is 5.11 Å². The van der Waals surface area contributed by atoms with Crippen molar-refractivity contribution in [3.8, 4) is 0 Å². The van der Waals surface area contributed by atoms with Crippen molar-refractivity contribution in [2.75, 3.05) is 0 Å². The lowest BCUT2D eigenvalue weighted by atomic mass is 10.1. The molecule has 2 heteroatoms. The number of aliphatic hydroxyl groups excluding tert-OH is 1. The highest BCUT2D eigenvalue weighted by Gasteiger charge is 2.26. The molecule has 0 rings (SSSR count). The van der Waals surface area contributed by atoms with Gasteiger partial charge in [-0.25, -0.2) is 4.58 Å². The van der Waals surface area contributed by atoms with Crippen LogP contribution in [0.3, 0.4) is 0 Å². The summed E-state index contributed by atoms with van der Waals surface area (Å²) in [6.45, 7) is 11.8. The van der Waals surface area contributed by atoms with Gasteiger partial charge in [-0.15, -0.1) is 0 Å². The predicted molar refractivity (Wildman–Crippen MR) is 43.4 cm³/mol. The lowest BCUT2D eigenvalue weighted by molar-refractivity contribution is -0.659. The van der Waals surface area contributed by atoms with Crippen LogP contribution in [-0.4, -0.2) is 28.2 Å². The van der Waals surface area contributed by atoms with Crippen LogP contribution in [0.5, 0.6) is 0 Å². The molecule has 0 aromatic rings. The van der Waals surface area contributed by atoms with Crippen LogP contribution < -0.4 is 0 Å². The van der Waals surface area contributed by atoms with Crippen molar-refractivity contribution in [2.24, 2.45) is 0 Å². The van der Waals surface area contributed by atoms with Crippen molar-refractivity contribution in [2.45, 2.75) is 45.9 Å². The SMILES string of the molecule is C=[N+](C(O)CC)C(C)(C)C. The van der Waals surface area contributed by atoms with Crippen LogP contribution in [0.25, 0.3) is 0 Å². The van der Waals surface area contributed by atoms with Crippen molar-refractivity contribution < 1.29 is 9.68 Å². The molecule has 0 spiro atoms. The van der Waals surface area contributed by atoms with Gasteiger partial charge in [-0.05, 0) is 20.8 Å². The highest BCUT2D eigenvalue weighted by molar-refractivity contribution is 5.15. The van der Waals surface area contributed by atoms with Crippen LogP contribution >= 0.6 is 0 Å². The Morgan fingerprint density at radius 3 is 2.00 bits per heavy atom. The molecule has 1 atom stereocenters. The van der Waals surface area contributed by atoms with E-state index in [1.54, 1.807) is 4.58 Å². The first-order valence-electron chi connectivity index (χ1n) is 3.67. The Hall–Kier alpha value is -0.370. The summed E-state index contributed by atoms with van der Waals surface area (Å²) in [5.74, 6) is 0.